The van der Waals surface area contributed by atoms with Gasteiger partial charge in [-0.2, -0.15) is 0 Å². The Morgan fingerprint density at radius 1 is 1.30 bits per heavy atom. The number of rotatable bonds is 1. The molecule has 0 aromatic heterocycles. The van der Waals surface area contributed by atoms with Gasteiger partial charge >= 0.3 is 0 Å². The highest BCUT2D eigenvalue weighted by Crippen LogP contribution is 2.19. The third kappa shape index (κ3) is 1.67. The molecule has 0 aliphatic rings. The van der Waals surface area contributed by atoms with Gasteiger partial charge in [-0.25, -0.2) is 4.39 Å². The predicted molar refractivity (Wildman–Crippen MR) is 44.5 cm³/mol. The molecule has 0 nitrogen and oxygen atoms in total. The SMILES string of the molecule is F/C=C(/Br)c1ccccc1. The van der Waals surface area contributed by atoms with E-state index in [2.05, 4.69) is 15.9 Å². The van der Waals surface area contributed by atoms with E-state index in [0.717, 1.165) is 5.56 Å². The van der Waals surface area contributed by atoms with Crippen LogP contribution in [0.25, 0.3) is 4.48 Å². The van der Waals surface area contributed by atoms with Gasteiger partial charge in [0.2, 0.25) is 0 Å². The topological polar surface area (TPSA) is 0 Å². The van der Waals surface area contributed by atoms with Crippen molar-refractivity contribution in [3.63, 3.8) is 0 Å². The van der Waals surface area contributed by atoms with Crippen LogP contribution in [0.4, 0.5) is 4.39 Å². The Morgan fingerprint density at radius 2 is 1.90 bits per heavy atom. The highest BCUT2D eigenvalue weighted by atomic mass is 79.9. The maximum atomic E-state index is 11.9. The van der Waals surface area contributed by atoms with Gasteiger partial charge in [0.25, 0.3) is 0 Å². The zero-order valence-electron chi connectivity index (χ0n) is 5.22. The molecule has 0 spiro atoms. The Kier molecular flexibility index (Phi) is 2.63. The summed E-state index contributed by atoms with van der Waals surface area (Å²) in [6.07, 6.45) is 0.537. The van der Waals surface area contributed by atoms with Crippen molar-refractivity contribution in [1.82, 2.24) is 0 Å². The van der Waals surface area contributed by atoms with E-state index in [4.69, 9.17) is 0 Å². The van der Waals surface area contributed by atoms with Gasteiger partial charge in [-0.1, -0.05) is 30.3 Å². The first-order valence-corrected chi connectivity index (χ1v) is 3.65. The Bertz CT molecular complexity index is 228. The van der Waals surface area contributed by atoms with Crippen LogP contribution in [-0.4, -0.2) is 0 Å². The Hall–Kier alpha value is -0.630. The monoisotopic (exact) mass is 200 g/mol. The third-order valence-electron chi connectivity index (χ3n) is 1.15. The lowest BCUT2D eigenvalue weighted by Crippen LogP contribution is -1.71. The molecule has 0 N–H and O–H groups in total. The molecule has 2 heteroatoms. The number of halogens is 2. The molecule has 0 radical (unpaired) electrons. The Balaban J connectivity index is 2.96. The van der Waals surface area contributed by atoms with E-state index >= 15 is 0 Å². The molecule has 1 aromatic rings. The van der Waals surface area contributed by atoms with Crippen LogP contribution in [0, 0.1) is 0 Å². The van der Waals surface area contributed by atoms with E-state index in [1.807, 2.05) is 30.3 Å². The summed E-state index contributed by atoms with van der Waals surface area (Å²) in [7, 11) is 0. The summed E-state index contributed by atoms with van der Waals surface area (Å²) in [5.41, 5.74) is 0.852. The maximum Gasteiger partial charge on any atom is 0.101 e. The van der Waals surface area contributed by atoms with Crippen molar-refractivity contribution in [1.29, 1.82) is 0 Å². The second-order valence-electron chi connectivity index (χ2n) is 1.82. The second-order valence-corrected chi connectivity index (χ2v) is 2.68. The molecule has 0 heterocycles. The molecule has 0 amide bonds. The van der Waals surface area contributed by atoms with E-state index in [9.17, 15) is 4.39 Å². The van der Waals surface area contributed by atoms with Crippen molar-refractivity contribution in [2.24, 2.45) is 0 Å². The lowest BCUT2D eigenvalue weighted by atomic mass is 10.2. The minimum absolute atomic E-state index is 0.480. The second kappa shape index (κ2) is 3.52. The van der Waals surface area contributed by atoms with Gasteiger partial charge < -0.3 is 0 Å². The summed E-state index contributed by atoms with van der Waals surface area (Å²) in [6.45, 7) is 0. The van der Waals surface area contributed by atoms with Gasteiger partial charge in [0, 0.05) is 0 Å². The van der Waals surface area contributed by atoms with Gasteiger partial charge in [-0.15, -0.1) is 0 Å². The van der Waals surface area contributed by atoms with E-state index in [1.54, 1.807) is 0 Å². The molecule has 0 aliphatic carbocycles. The minimum Gasteiger partial charge on any atom is -0.214 e. The van der Waals surface area contributed by atoms with Crippen LogP contribution >= 0.6 is 15.9 Å². The lowest BCUT2D eigenvalue weighted by Gasteiger charge is -1.93. The Labute approximate surface area is 67.5 Å². The largest absolute Gasteiger partial charge is 0.214 e. The maximum absolute atomic E-state index is 11.9. The first-order chi connectivity index (χ1) is 4.84. The van der Waals surface area contributed by atoms with Gasteiger partial charge in [0.1, 0.15) is 6.33 Å². The van der Waals surface area contributed by atoms with Crippen molar-refractivity contribution < 1.29 is 4.39 Å². The van der Waals surface area contributed by atoms with Gasteiger partial charge in [-0.05, 0) is 21.5 Å². The number of hydrogen-bond donors (Lipinski definition) is 0. The quantitative estimate of drug-likeness (QED) is 0.653. The predicted octanol–water partition coefficient (Wildman–Crippen LogP) is 3.35. The molecular formula is C8H6BrF. The summed E-state index contributed by atoms with van der Waals surface area (Å²) in [5.74, 6) is 0. The summed E-state index contributed by atoms with van der Waals surface area (Å²) < 4.78 is 12.3. The van der Waals surface area contributed by atoms with Crippen LogP contribution in [0.3, 0.4) is 0 Å². The van der Waals surface area contributed by atoms with Crippen LogP contribution in [-0.2, 0) is 0 Å². The fraction of sp³-hybridized carbons (Fsp3) is 0. The highest BCUT2D eigenvalue weighted by molar-refractivity contribution is 9.15. The molecule has 52 valence electrons. The first-order valence-electron chi connectivity index (χ1n) is 2.86. The van der Waals surface area contributed by atoms with E-state index < -0.39 is 0 Å². The van der Waals surface area contributed by atoms with Crippen molar-refractivity contribution in [2.45, 2.75) is 0 Å². The molecule has 0 atom stereocenters. The van der Waals surface area contributed by atoms with Crippen LogP contribution in [0.2, 0.25) is 0 Å². The molecule has 0 saturated carbocycles. The van der Waals surface area contributed by atoms with Crippen LogP contribution in [0.15, 0.2) is 36.7 Å². The van der Waals surface area contributed by atoms with Crippen LogP contribution in [0.1, 0.15) is 5.56 Å². The summed E-state index contributed by atoms with van der Waals surface area (Å²) in [4.78, 5) is 0. The molecule has 1 aromatic carbocycles. The van der Waals surface area contributed by atoms with Gasteiger partial charge in [0.05, 0.1) is 4.48 Å². The molecule has 1 rings (SSSR count). The van der Waals surface area contributed by atoms with E-state index in [1.165, 1.54) is 0 Å². The molecule has 0 unspecified atom stereocenters. The number of hydrogen-bond acceptors (Lipinski definition) is 0. The van der Waals surface area contributed by atoms with Crippen molar-refractivity contribution >= 4 is 20.4 Å². The average Bonchev–Trinajstić information content (AvgIpc) is 2.05. The first kappa shape index (κ1) is 7.48. The minimum atomic E-state index is 0.480. The van der Waals surface area contributed by atoms with E-state index in [-0.39, 0.29) is 0 Å². The third-order valence-corrected chi connectivity index (χ3v) is 1.78. The van der Waals surface area contributed by atoms with Crippen molar-refractivity contribution in [2.75, 3.05) is 0 Å². The van der Waals surface area contributed by atoms with E-state index in [0.29, 0.717) is 10.8 Å². The Morgan fingerprint density at radius 3 is 2.40 bits per heavy atom. The molecular weight excluding hydrogens is 195 g/mol. The fourth-order valence-corrected chi connectivity index (χ4v) is 0.925. The van der Waals surface area contributed by atoms with Crippen LogP contribution in [0.5, 0.6) is 0 Å². The summed E-state index contributed by atoms with van der Waals surface area (Å²) >= 11 is 3.07. The average molecular weight is 201 g/mol. The molecule has 10 heavy (non-hydrogen) atoms. The zero-order chi connectivity index (χ0) is 7.40. The molecule has 0 bridgehead atoms. The van der Waals surface area contributed by atoms with Gasteiger partial charge in [0.15, 0.2) is 0 Å². The smallest absolute Gasteiger partial charge is 0.101 e. The van der Waals surface area contributed by atoms with Crippen molar-refractivity contribution in [3.05, 3.63) is 42.2 Å². The molecule has 0 aliphatic heterocycles. The normalized spacial score (nSPS) is 11.6. The van der Waals surface area contributed by atoms with Gasteiger partial charge in [-0.3, -0.25) is 0 Å². The van der Waals surface area contributed by atoms with Crippen molar-refractivity contribution in [3.8, 4) is 0 Å². The zero-order valence-corrected chi connectivity index (χ0v) is 6.81. The van der Waals surface area contributed by atoms with Crippen LogP contribution < -0.4 is 0 Å². The summed E-state index contributed by atoms with van der Waals surface area (Å²) in [6, 6.07) is 9.28. The number of benzene rings is 1. The summed E-state index contributed by atoms with van der Waals surface area (Å²) in [5, 5.41) is 0. The molecule has 0 saturated heterocycles. The molecule has 0 fully saturated rings. The standard InChI is InChI=1S/C8H6BrF/c9-8(6-10)7-4-2-1-3-5-7/h1-6H/b8-6+. The lowest BCUT2D eigenvalue weighted by molar-refractivity contribution is 0.726. The fourth-order valence-electron chi connectivity index (χ4n) is 0.660. The highest BCUT2D eigenvalue weighted by Gasteiger charge is 1.92.